The third-order valence-electron chi connectivity index (χ3n) is 4.41. The Hall–Kier alpha value is -2.76. The molecule has 6 heteroatoms. The van der Waals surface area contributed by atoms with Crippen LogP contribution in [-0.2, 0) is 0 Å². The fourth-order valence-corrected chi connectivity index (χ4v) is 2.99. The van der Waals surface area contributed by atoms with Crippen LogP contribution in [0.25, 0.3) is 0 Å². The standard InChI is InChI=1S/C19H22N4O2/c24-23(25)19-12-8-17(9-13-19)21-20-16-6-10-18(11-7-16)22-14-4-2-1-3-5-15-22/h6-13H,1-5,14-15H2. The van der Waals surface area contributed by atoms with Crippen molar-refractivity contribution in [2.45, 2.75) is 32.1 Å². The molecule has 0 atom stereocenters. The SMILES string of the molecule is O=[N+]([O-])c1ccc(N=Nc2ccc(N3CCCCCCC3)cc2)cc1. The monoisotopic (exact) mass is 338 g/mol. The molecule has 1 heterocycles. The van der Waals surface area contributed by atoms with E-state index in [-0.39, 0.29) is 5.69 Å². The van der Waals surface area contributed by atoms with Gasteiger partial charge in [0.1, 0.15) is 0 Å². The highest BCUT2D eigenvalue weighted by atomic mass is 16.6. The minimum absolute atomic E-state index is 0.0524. The van der Waals surface area contributed by atoms with Gasteiger partial charge in [0, 0.05) is 30.9 Å². The van der Waals surface area contributed by atoms with Gasteiger partial charge in [-0.05, 0) is 49.2 Å². The molecule has 3 rings (SSSR count). The smallest absolute Gasteiger partial charge is 0.269 e. The summed E-state index contributed by atoms with van der Waals surface area (Å²) in [7, 11) is 0. The Balaban J connectivity index is 1.64. The van der Waals surface area contributed by atoms with Gasteiger partial charge < -0.3 is 4.90 Å². The molecule has 1 fully saturated rings. The molecule has 0 bridgehead atoms. The summed E-state index contributed by atoms with van der Waals surface area (Å²) in [6.45, 7) is 2.23. The predicted octanol–water partition coefficient (Wildman–Crippen LogP) is 5.78. The Morgan fingerprint density at radius 3 is 1.76 bits per heavy atom. The van der Waals surface area contributed by atoms with Gasteiger partial charge in [-0.15, -0.1) is 0 Å². The van der Waals surface area contributed by atoms with Crippen LogP contribution in [0.1, 0.15) is 32.1 Å². The van der Waals surface area contributed by atoms with Crippen molar-refractivity contribution < 1.29 is 4.92 Å². The summed E-state index contributed by atoms with van der Waals surface area (Å²) in [5.74, 6) is 0. The number of hydrogen-bond acceptors (Lipinski definition) is 5. The van der Waals surface area contributed by atoms with E-state index >= 15 is 0 Å². The Bertz CT molecular complexity index is 718. The molecule has 0 saturated carbocycles. The van der Waals surface area contributed by atoms with Crippen LogP contribution >= 0.6 is 0 Å². The van der Waals surface area contributed by atoms with E-state index in [1.54, 1.807) is 12.1 Å². The van der Waals surface area contributed by atoms with Gasteiger partial charge in [-0.1, -0.05) is 19.3 Å². The Labute approximate surface area is 147 Å². The Morgan fingerprint density at radius 2 is 1.24 bits per heavy atom. The number of nitrogens with zero attached hydrogens (tertiary/aromatic N) is 4. The van der Waals surface area contributed by atoms with Gasteiger partial charge in [-0.25, -0.2) is 0 Å². The zero-order valence-corrected chi connectivity index (χ0v) is 14.2. The molecule has 1 saturated heterocycles. The van der Waals surface area contributed by atoms with Gasteiger partial charge in [0.25, 0.3) is 5.69 Å². The van der Waals surface area contributed by atoms with Crippen LogP contribution in [0.5, 0.6) is 0 Å². The lowest BCUT2D eigenvalue weighted by molar-refractivity contribution is -0.384. The lowest BCUT2D eigenvalue weighted by Crippen LogP contribution is -2.26. The number of benzene rings is 2. The summed E-state index contributed by atoms with van der Waals surface area (Å²) in [4.78, 5) is 12.7. The van der Waals surface area contributed by atoms with Crippen molar-refractivity contribution in [3.8, 4) is 0 Å². The minimum atomic E-state index is -0.426. The van der Waals surface area contributed by atoms with Crippen molar-refractivity contribution in [1.29, 1.82) is 0 Å². The largest absolute Gasteiger partial charge is 0.372 e. The highest BCUT2D eigenvalue weighted by molar-refractivity contribution is 5.53. The Kier molecular flexibility index (Phi) is 5.72. The molecule has 0 radical (unpaired) electrons. The second-order valence-corrected chi connectivity index (χ2v) is 6.24. The van der Waals surface area contributed by atoms with Crippen LogP contribution in [0.4, 0.5) is 22.7 Å². The first-order chi connectivity index (χ1) is 12.2. The van der Waals surface area contributed by atoms with Crippen LogP contribution in [0.3, 0.4) is 0 Å². The lowest BCUT2D eigenvalue weighted by atomic mass is 10.1. The molecular weight excluding hydrogens is 316 g/mol. The lowest BCUT2D eigenvalue weighted by Gasteiger charge is -2.26. The van der Waals surface area contributed by atoms with Crippen molar-refractivity contribution in [3.63, 3.8) is 0 Å². The molecule has 0 amide bonds. The number of rotatable bonds is 4. The average Bonchev–Trinajstić information content (AvgIpc) is 2.61. The van der Waals surface area contributed by atoms with E-state index in [1.165, 1.54) is 49.9 Å². The molecule has 1 aliphatic rings. The third-order valence-corrected chi connectivity index (χ3v) is 4.41. The highest BCUT2D eigenvalue weighted by Crippen LogP contribution is 2.25. The molecule has 0 aliphatic carbocycles. The first-order valence-corrected chi connectivity index (χ1v) is 8.73. The van der Waals surface area contributed by atoms with E-state index in [0.717, 1.165) is 18.8 Å². The average molecular weight is 338 g/mol. The molecule has 2 aromatic carbocycles. The normalized spacial score (nSPS) is 15.8. The molecule has 0 spiro atoms. The maximum atomic E-state index is 10.6. The van der Waals surface area contributed by atoms with Gasteiger partial charge in [0.2, 0.25) is 0 Å². The van der Waals surface area contributed by atoms with E-state index in [9.17, 15) is 10.1 Å². The van der Waals surface area contributed by atoms with Crippen molar-refractivity contribution in [2.75, 3.05) is 18.0 Å². The molecule has 0 aromatic heterocycles. The van der Waals surface area contributed by atoms with E-state index in [0.29, 0.717) is 5.69 Å². The molecule has 6 nitrogen and oxygen atoms in total. The quantitative estimate of drug-likeness (QED) is 0.403. The van der Waals surface area contributed by atoms with Gasteiger partial charge >= 0.3 is 0 Å². The van der Waals surface area contributed by atoms with E-state index in [2.05, 4.69) is 27.3 Å². The van der Waals surface area contributed by atoms with E-state index in [4.69, 9.17) is 0 Å². The van der Waals surface area contributed by atoms with Crippen molar-refractivity contribution >= 4 is 22.7 Å². The third kappa shape index (κ3) is 4.86. The number of nitro groups is 1. The summed E-state index contributed by atoms with van der Waals surface area (Å²) < 4.78 is 0. The maximum absolute atomic E-state index is 10.6. The summed E-state index contributed by atoms with van der Waals surface area (Å²) in [6, 6.07) is 14.1. The molecule has 0 unspecified atom stereocenters. The number of nitro benzene ring substituents is 1. The first kappa shape index (κ1) is 17.1. The van der Waals surface area contributed by atoms with Crippen LogP contribution < -0.4 is 4.90 Å². The Morgan fingerprint density at radius 1 is 0.760 bits per heavy atom. The molecule has 130 valence electrons. The molecule has 1 aliphatic heterocycles. The molecule has 25 heavy (non-hydrogen) atoms. The second-order valence-electron chi connectivity index (χ2n) is 6.24. The molecular formula is C19H22N4O2. The predicted molar refractivity (Wildman–Crippen MR) is 99.0 cm³/mol. The molecule has 0 N–H and O–H groups in total. The summed E-state index contributed by atoms with van der Waals surface area (Å²) >= 11 is 0. The van der Waals surface area contributed by atoms with Gasteiger partial charge in [0.05, 0.1) is 16.3 Å². The number of azo groups is 1. The molecule has 2 aromatic rings. The number of hydrogen-bond donors (Lipinski definition) is 0. The summed E-state index contributed by atoms with van der Waals surface area (Å²) in [5.41, 5.74) is 2.65. The number of anilines is 1. The highest BCUT2D eigenvalue weighted by Gasteiger charge is 2.09. The van der Waals surface area contributed by atoms with Crippen LogP contribution in [0.2, 0.25) is 0 Å². The minimum Gasteiger partial charge on any atom is -0.372 e. The van der Waals surface area contributed by atoms with Crippen LogP contribution in [-0.4, -0.2) is 18.0 Å². The zero-order chi connectivity index (χ0) is 17.5. The van der Waals surface area contributed by atoms with Gasteiger partial charge in [-0.3, -0.25) is 10.1 Å². The van der Waals surface area contributed by atoms with Crippen LogP contribution in [0.15, 0.2) is 58.8 Å². The topological polar surface area (TPSA) is 71.1 Å². The zero-order valence-electron chi connectivity index (χ0n) is 14.2. The fraction of sp³-hybridized carbons (Fsp3) is 0.368. The van der Waals surface area contributed by atoms with Gasteiger partial charge in [0.15, 0.2) is 0 Å². The van der Waals surface area contributed by atoms with Crippen LogP contribution in [0, 0.1) is 10.1 Å². The summed E-state index contributed by atoms with van der Waals surface area (Å²) in [5, 5.41) is 19.0. The summed E-state index contributed by atoms with van der Waals surface area (Å²) in [6.07, 6.45) is 6.50. The van der Waals surface area contributed by atoms with Crippen molar-refractivity contribution in [2.24, 2.45) is 10.2 Å². The van der Waals surface area contributed by atoms with E-state index < -0.39 is 4.92 Å². The van der Waals surface area contributed by atoms with Crippen molar-refractivity contribution in [3.05, 3.63) is 58.6 Å². The second kappa shape index (κ2) is 8.37. The van der Waals surface area contributed by atoms with E-state index in [1.807, 2.05) is 12.1 Å². The van der Waals surface area contributed by atoms with Gasteiger partial charge in [-0.2, -0.15) is 10.2 Å². The first-order valence-electron chi connectivity index (χ1n) is 8.73. The number of non-ortho nitro benzene ring substituents is 1. The fourth-order valence-electron chi connectivity index (χ4n) is 2.99. The van der Waals surface area contributed by atoms with Crippen molar-refractivity contribution in [1.82, 2.24) is 0 Å². The maximum Gasteiger partial charge on any atom is 0.269 e.